The van der Waals surface area contributed by atoms with E-state index in [0.29, 0.717) is 11.3 Å². The van der Waals surface area contributed by atoms with Crippen LogP contribution in [-0.2, 0) is 10.0 Å². The minimum Gasteiger partial charge on any atom is -0.436 e. The van der Waals surface area contributed by atoms with Gasteiger partial charge in [0.05, 0.1) is 34.9 Å². The normalized spacial score (nSPS) is 11.7. The zero-order valence-electron chi connectivity index (χ0n) is 23.3. The number of benzene rings is 3. The summed E-state index contributed by atoms with van der Waals surface area (Å²) in [5.74, 6) is -7.76. The maximum atomic E-state index is 15.1. The second kappa shape index (κ2) is 11.1. The lowest BCUT2D eigenvalue weighted by atomic mass is 10.0. The third kappa shape index (κ3) is 5.22. The summed E-state index contributed by atoms with van der Waals surface area (Å²) in [7, 11) is -4.98. The first-order valence-electron chi connectivity index (χ1n) is 13.0. The summed E-state index contributed by atoms with van der Waals surface area (Å²) in [6, 6.07) is 10.4. The number of aromatic amines is 1. The van der Waals surface area contributed by atoms with Gasteiger partial charge in [-0.2, -0.15) is 5.10 Å². The summed E-state index contributed by atoms with van der Waals surface area (Å²) < 4.78 is 103. The molecule has 6 aromatic rings. The van der Waals surface area contributed by atoms with Crippen molar-refractivity contribution in [2.75, 3.05) is 5.73 Å². The van der Waals surface area contributed by atoms with Gasteiger partial charge in [-0.15, -0.1) is 0 Å². The van der Waals surface area contributed by atoms with E-state index < -0.39 is 60.9 Å². The van der Waals surface area contributed by atoms with E-state index in [-0.39, 0.29) is 45.7 Å². The van der Waals surface area contributed by atoms with E-state index in [1.165, 1.54) is 47.4 Å². The van der Waals surface area contributed by atoms with Crippen LogP contribution in [0.2, 0.25) is 0 Å². The SMILES string of the molecule is Cc1cc(Oc2ccccc2F)ncc1-n1ncc(C(=O)c2cc3cc(F)c(-c4c(F)cc(F)c(S(N)(=O)=O)c4F)cc3[nH]2)c1N. The van der Waals surface area contributed by atoms with E-state index in [9.17, 15) is 26.4 Å². The summed E-state index contributed by atoms with van der Waals surface area (Å²) in [6.07, 6.45) is 2.56. The Morgan fingerprint density at radius 3 is 2.37 bits per heavy atom. The number of nitrogens with zero attached hydrogens (tertiary/aromatic N) is 3. The number of nitrogens with two attached hydrogens (primary N) is 2. The average molecular weight is 655 g/mol. The Balaban J connectivity index is 1.33. The Labute approximate surface area is 256 Å². The van der Waals surface area contributed by atoms with E-state index in [0.717, 1.165) is 12.1 Å². The number of anilines is 1. The standard InChI is InChI=1S/C30H19F5N6O4S/c1-13-6-25(45-24-5-3-2-4-17(24)31)38-12-23(13)41-30(36)16(11-39-41)28(42)22-8-14-7-18(32)15(9-21(14)40-22)26-19(33)10-20(34)29(27(26)35)46(37,43)44/h2-12,40H,36H2,1H3,(H2,37,43,44). The maximum Gasteiger partial charge on any atom is 0.243 e. The number of pyridine rings is 1. The molecule has 5 N–H and O–H groups in total. The number of sulfonamides is 1. The number of halogens is 5. The Hall–Kier alpha value is -5.61. The van der Waals surface area contributed by atoms with Gasteiger partial charge in [-0.1, -0.05) is 12.1 Å². The van der Waals surface area contributed by atoms with Crippen LogP contribution in [-0.4, -0.2) is 33.9 Å². The molecule has 0 saturated heterocycles. The van der Waals surface area contributed by atoms with Crippen molar-refractivity contribution in [2.45, 2.75) is 11.8 Å². The fourth-order valence-electron chi connectivity index (χ4n) is 4.86. The molecule has 0 amide bonds. The highest BCUT2D eigenvalue weighted by molar-refractivity contribution is 7.89. The van der Waals surface area contributed by atoms with Crippen LogP contribution in [0.15, 0.2) is 71.9 Å². The molecule has 10 nitrogen and oxygen atoms in total. The van der Waals surface area contributed by atoms with Crippen molar-refractivity contribution in [2.24, 2.45) is 5.14 Å². The Morgan fingerprint density at radius 2 is 1.67 bits per heavy atom. The number of hydrogen-bond acceptors (Lipinski definition) is 7. The van der Waals surface area contributed by atoms with Crippen molar-refractivity contribution in [3.05, 3.63) is 113 Å². The van der Waals surface area contributed by atoms with Crippen LogP contribution in [0.1, 0.15) is 21.6 Å². The van der Waals surface area contributed by atoms with Crippen molar-refractivity contribution in [3.8, 4) is 28.4 Å². The Bertz CT molecular complexity index is 2340. The van der Waals surface area contributed by atoms with Gasteiger partial charge in [0.15, 0.2) is 22.3 Å². The highest BCUT2D eigenvalue weighted by atomic mass is 32.2. The van der Waals surface area contributed by atoms with Gasteiger partial charge in [0.2, 0.25) is 21.7 Å². The minimum absolute atomic E-state index is 0.0245. The number of H-pyrrole nitrogens is 1. The van der Waals surface area contributed by atoms with Gasteiger partial charge in [0.25, 0.3) is 0 Å². The molecule has 0 aliphatic carbocycles. The van der Waals surface area contributed by atoms with Crippen LogP contribution in [0.4, 0.5) is 27.8 Å². The highest BCUT2D eigenvalue weighted by Gasteiger charge is 2.29. The second-order valence-corrected chi connectivity index (χ2v) is 11.5. The molecule has 0 radical (unpaired) electrons. The van der Waals surface area contributed by atoms with Gasteiger partial charge in [-0.25, -0.2) is 45.2 Å². The van der Waals surface area contributed by atoms with Crippen molar-refractivity contribution in [3.63, 3.8) is 0 Å². The molecule has 0 fully saturated rings. The third-order valence-electron chi connectivity index (χ3n) is 7.02. The van der Waals surface area contributed by atoms with Crippen molar-refractivity contribution < 1.29 is 39.9 Å². The smallest absolute Gasteiger partial charge is 0.243 e. The second-order valence-electron chi connectivity index (χ2n) is 10.0. The number of nitrogen functional groups attached to an aromatic ring is 1. The van der Waals surface area contributed by atoms with Crippen molar-refractivity contribution in [1.29, 1.82) is 0 Å². The van der Waals surface area contributed by atoms with Gasteiger partial charge in [0, 0.05) is 28.6 Å². The molecule has 6 rings (SSSR count). The van der Waals surface area contributed by atoms with Gasteiger partial charge in [-0.3, -0.25) is 4.79 Å². The average Bonchev–Trinajstić information content (AvgIpc) is 3.56. The zero-order chi connectivity index (χ0) is 33.1. The molecule has 0 saturated carbocycles. The number of hydrogen-bond donors (Lipinski definition) is 3. The molecule has 0 aliphatic rings. The molecule has 0 atom stereocenters. The number of para-hydroxylation sites is 1. The molecule has 0 bridgehead atoms. The number of ketones is 1. The largest absolute Gasteiger partial charge is 0.436 e. The fourth-order valence-corrected chi connectivity index (χ4v) is 5.54. The first kappa shape index (κ1) is 30.4. The Kier molecular flexibility index (Phi) is 7.33. The lowest BCUT2D eigenvalue weighted by Crippen LogP contribution is -2.17. The highest BCUT2D eigenvalue weighted by Crippen LogP contribution is 2.36. The monoisotopic (exact) mass is 654 g/mol. The third-order valence-corrected chi connectivity index (χ3v) is 7.97. The number of carbonyl (C=O) groups excluding carboxylic acids is 1. The quantitative estimate of drug-likeness (QED) is 0.148. The molecular formula is C30H19F5N6O4S. The molecule has 16 heteroatoms. The number of ether oxygens (including phenoxy) is 1. The molecule has 0 aliphatic heterocycles. The van der Waals surface area contributed by atoms with Crippen LogP contribution in [0.25, 0.3) is 27.7 Å². The van der Waals surface area contributed by atoms with E-state index >= 15 is 8.78 Å². The predicted molar refractivity (Wildman–Crippen MR) is 155 cm³/mol. The first-order chi connectivity index (χ1) is 21.7. The van der Waals surface area contributed by atoms with Gasteiger partial charge < -0.3 is 15.5 Å². The number of fused-ring (bicyclic) bond motifs is 1. The predicted octanol–water partition coefficient (Wildman–Crippen LogP) is 5.67. The molecule has 0 spiro atoms. The summed E-state index contributed by atoms with van der Waals surface area (Å²) in [5.41, 5.74) is 5.13. The summed E-state index contributed by atoms with van der Waals surface area (Å²) >= 11 is 0. The molecule has 3 heterocycles. The molecule has 3 aromatic heterocycles. The molecule has 234 valence electrons. The maximum absolute atomic E-state index is 15.1. The Morgan fingerprint density at radius 1 is 0.935 bits per heavy atom. The van der Waals surface area contributed by atoms with Crippen molar-refractivity contribution in [1.82, 2.24) is 19.7 Å². The molecule has 0 unspecified atom stereocenters. The molecular weight excluding hydrogens is 635 g/mol. The van der Waals surface area contributed by atoms with E-state index in [4.69, 9.17) is 15.6 Å². The van der Waals surface area contributed by atoms with Crippen LogP contribution in [0.3, 0.4) is 0 Å². The van der Waals surface area contributed by atoms with E-state index in [1.807, 2.05) is 0 Å². The van der Waals surface area contributed by atoms with Crippen LogP contribution >= 0.6 is 0 Å². The van der Waals surface area contributed by atoms with Crippen LogP contribution in [0.5, 0.6) is 11.6 Å². The molecule has 3 aromatic carbocycles. The number of primary sulfonamides is 1. The summed E-state index contributed by atoms with van der Waals surface area (Å²) in [4.78, 5) is 18.7. The van der Waals surface area contributed by atoms with Crippen LogP contribution < -0.4 is 15.6 Å². The fraction of sp³-hybridized carbons (Fsp3) is 0.0333. The number of carbonyl (C=O) groups is 1. The number of rotatable bonds is 7. The molecule has 46 heavy (non-hydrogen) atoms. The number of aromatic nitrogens is 4. The van der Waals surface area contributed by atoms with Gasteiger partial charge >= 0.3 is 0 Å². The van der Waals surface area contributed by atoms with E-state index in [1.54, 1.807) is 13.0 Å². The topological polar surface area (TPSA) is 159 Å². The number of aryl methyl sites for hydroxylation is 1. The van der Waals surface area contributed by atoms with Crippen molar-refractivity contribution >= 4 is 32.5 Å². The minimum atomic E-state index is -4.98. The van der Waals surface area contributed by atoms with Gasteiger partial charge in [-0.05, 0) is 42.8 Å². The van der Waals surface area contributed by atoms with Gasteiger partial charge in [0.1, 0.15) is 23.3 Å². The lowest BCUT2D eigenvalue weighted by Gasteiger charge is -2.11. The zero-order valence-corrected chi connectivity index (χ0v) is 24.1. The summed E-state index contributed by atoms with van der Waals surface area (Å²) in [5, 5.41) is 9.16. The van der Waals surface area contributed by atoms with E-state index in [2.05, 4.69) is 15.1 Å². The first-order valence-corrected chi connectivity index (χ1v) is 14.6. The number of nitrogens with one attached hydrogen (secondary N) is 1. The summed E-state index contributed by atoms with van der Waals surface area (Å²) in [6.45, 7) is 1.69. The van der Waals surface area contributed by atoms with Crippen LogP contribution in [0, 0.1) is 36.0 Å². The lowest BCUT2D eigenvalue weighted by molar-refractivity contribution is 0.103.